The van der Waals surface area contributed by atoms with Gasteiger partial charge in [-0.3, -0.25) is 4.79 Å². The molecule has 0 spiro atoms. The van der Waals surface area contributed by atoms with Crippen molar-refractivity contribution >= 4 is 70.0 Å². The number of aromatic hydroxyl groups is 2. The molecule has 28 heavy (non-hydrogen) atoms. The Kier molecular flexibility index (Phi) is 5.33. The molecule has 8 heteroatoms. The molecule has 0 saturated heterocycles. The van der Waals surface area contributed by atoms with Crippen LogP contribution in [0.5, 0.6) is 23.0 Å². The normalized spacial score (nSPS) is 12.9. The van der Waals surface area contributed by atoms with Gasteiger partial charge in [0.25, 0.3) is 0 Å². The highest BCUT2D eigenvalue weighted by Crippen LogP contribution is 2.57. The lowest BCUT2D eigenvalue weighted by atomic mass is 9.81. The quantitative estimate of drug-likeness (QED) is 0.228. The highest BCUT2D eigenvalue weighted by molar-refractivity contribution is 9.11. The SMILES string of the molecule is O=Cc1ccccc1C1c2cc(Br)c(O)c(Br)c2Oc2c1cc(Br)c(O)c2Br. The maximum Gasteiger partial charge on any atom is 0.150 e. The fraction of sp³-hybridized carbons (Fsp3) is 0.0500. The zero-order valence-electron chi connectivity index (χ0n) is 13.8. The van der Waals surface area contributed by atoms with E-state index in [9.17, 15) is 15.0 Å². The number of aldehydes is 1. The second-order valence-electron chi connectivity index (χ2n) is 6.16. The number of ether oxygens (including phenoxy) is 1. The molecule has 0 amide bonds. The molecule has 4 rings (SSSR count). The third-order valence-corrected chi connectivity index (χ3v) is 7.30. The summed E-state index contributed by atoms with van der Waals surface area (Å²) in [7, 11) is 0. The lowest BCUT2D eigenvalue weighted by Crippen LogP contribution is -2.14. The van der Waals surface area contributed by atoms with Crippen LogP contribution in [0.3, 0.4) is 0 Å². The first-order valence-electron chi connectivity index (χ1n) is 7.98. The summed E-state index contributed by atoms with van der Waals surface area (Å²) < 4.78 is 7.84. The minimum Gasteiger partial charge on any atom is -0.505 e. The van der Waals surface area contributed by atoms with Crippen LogP contribution in [0, 0.1) is 0 Å². The van der Waals surface area contributed by atoms with E-state index in [1.165, 1.54) is 0 Å². The van der Waals surface area contributed by atoms with E-state index in [1.54, 1.807) is 24.3 Å². The van der Waals surface area contributed by atoms with Crippen LogP contribution in [-0.4, -0.2) is 16.5 Å². The van der Waals surface area contributed by atoms with E-state index in [4.69, 9.17) is 4.74 Å². The molecule has 0 saturated carbocycles. The van der Waals surface area contributed by atoms with Gasteiger partial charge in [0.15, 0.2) is 0 Å². The zero-order chi connectivity index (χ0) is 20.2. The van der Waals surface area contributed by atoms with Gasteiger partial charge in [-0.2, -0.15) is 0 Å². The van der Waals surface area contributed by atoms with Gasteiger partial charge in [-0.05, 0) is 81.4 Å². The number of phenols is 2. The molecule has 1 heterocycles. The molecule has 0 unspecified atom stereocenters. The Bertz CT molecular complexity index is 1080. The van der Waals surface area contributed by atoms with E-state index < -0.39 is 0 Å². The Morgan fingerprint density at radius 1 is 0.821 bits per heavy atom. The van der Waals surface area contributed by atoms with Crippen molar-refractivity contribution in [1.29, 1.82) is 0 Å². The topological polar surface area (TPSA) is 66.8 Å². The summed E-state index contributed by atoms with van der Waals surface area (Å²) in [5, 5.41) is 20.7. The number of rotatable bonds is 2. The maximum absolute atomic E-state index is 11.7. The maximum atomic E-state index is 11.7. The molecule has 0 fully saturated rings. The van der Waals surface area contributed by atoms with Crippen LogP contribution in [0.4, 0.5) is 0 Å². The molecule has 0 atom stereocenters. The number of halogens is 4. The summed E-state index contributed by atoms with van der Waals surface area (Å²) in [6.45, 7) is 0. The van der Waals surface area contributed by atoms with Crippen LogP contribution >= 0.6 is 63.7 Å². The summed E-state index contributed by atoms with van der Waals surface area (Å²) >= 11 is 13.6. The third-order valence-electron chi connectivity index (χ3n) is 4.62. The predicted octanol–water partition coefficient (Wildman–Crippen LogP) is 7.25. The average molecular weight is 634 g/mol. The molecule has 0 radical (unpaired) electrons. The summed E-state index contributed by atoms with van der Waals surface area (Å²) in [4.78, 5) is 11.7. The molecule has 0 aromatic heterocycles. The molecule has 3 aromatic carbocycles. The second-order valence-corrected chi connectivity index (χ2v) is 9.46. The standard InChI is InChI=1S/C20H10Br4O4/c21-12-5-10-14(9-4-2-1-3-8(9)7-25)11-6-13(22)18(27)16(24)20(11)28-19(10)15(23)17(12)26/h1-7,14,26-27H. The number of phenolic OH excluding ortho intramolecular Hbond substituents is 2. The van der Waals surface area contributed by atoms with E-state index >= 15 is 0 Å². The van der Waals surface area contributed by atoms with Crippen LogP contribution in [0.1, 0.15) is 33.0 Å². The molecular formula is C20H10Br4O4. The third kappa shape index (κ3) is 3.01. The van der Waals surface area contributed by atoms with Gasteiger partial charge in [0, 0.05) is 22.6 Å². The van der Waals surface area contributed by atoms with Gasteiger partial charge in [-0.15, -0.1) is 0 Å². The lowest BCUT2D eigenvalue weighted by molar-refractivity contribution is 0.112. The van der Waals surface area contributed by atoms with E-state index in [0.29, 0.717) is 35.0 Å². The van der Waals surface area contributed by atoms with Crippen LogP contribution in [0.25, 0.3) is 0 Å². The largest absolute Gasteiger partial charge is 0.505 e. The van der Waals surface area contributed by atoms with Crippen molar-refractivity contribution in [1.82, 2.24) is 0 Å². The lowest BCUT2D eigenvalue weighted by Gasteiger charge is -2.31. The van der Waals surface area contributed by atoms with Gasteiger partial charge >= 0.3 is 0 Å². The molecule has 4 nitrogen and oxygen atoms in total. The minimum absolute atomic E-state index is 0.00192. The molecule has 2 N–H and O–H groups in total. The van der Waals surface area contributed by atoms with E-state index in [1.807, 2.05) is 12.1 Å². The predicted molar refractivity (Wildman–Crippen MR) is 120 cm³/mol. The first kappa shape index (κ1) is 19.9. The molecule has 0 bridgehead atoms. The summed E-state index contributed by atoms with van der Waals surface area (Å²) in [6, 6.07) is 10.9. The summed E-state index contributed by atoms with van der Waals surface area (Å²) in [5.74, 6) is 0.480. The molecular weight excluding hydrogens is 624 g/mol. The number of benzene rings is 3. The van der Waals surface area contributed by atoms with Gasteiger partial charge in [0.05, 0.1) is 8.95 Å². The van der Waals surface area contributed by atoms with Crippen molar-refractivity contribution in [2.45, 2.75) is 5.92 Å². The number of carbonyl (C=O) groups is 1. The molecule has 0 aliphatic carbocycles. The Morgan fingerprint density at radius 3 is 1.82 bits per heavy atom. The van der Waals surface area contributed by atoms with E-state index in [0.717, 1.165) is 23.0 Å². The first-order valence-corrected chi connectivity index (χ1v) is 11.2. The first-order chi connectivity index (χ1) is 13.3. The van der Waals surface area contributed by atoms with Crippen molar-refractivity contribution in [3.63, 3.8) is 0 Å². The van der Waals surface area contributed by atoms with Gasteiger partial charge in [-0.25, -0.2) is 0 Å². The number of fused-ring (bicyclic) bond motifs is 2. The monoisotopic (exact) mass is 630 g/mol. The second kappa shape index (κ2) is 7.48. The van der Waals surface area contributed by atoms with Crippen LogP contribution < -0.4 is 4.74 Å². The van der Waals surface area contributed by atoms with Gasteiger partial charge < -0.3 is 14.9 Å². The number of hydrogen-bond donors (Lipinski definition) is 2. The highest BCUT2D eigenvalue weighted by atomic mass is 79.9. The van der Waals surface area contributed by atoms with E-state index in [2.05, 4.69) is 63.7 Å². The van der Waals surface area contributed by atoms with Gasteiger partial charge in [-0.1, -0.05) is 24.3 Å². The Hall–Kier alpha value is -1.35. The molecule has 1 aliphatic heterocycles. The fourth-order valence-electron chi connectivity index (χ4n) is 3.34. The molecule has 3 aromatic rings. The van der Waals surface area contributed by atoms with Crippen LogP contribution in [0.2, 0.25) is 0 Å². The van der Waals surface area contributed by atoms with Crippen LogP contribution in [-0.2, 0) is 0 Å². The van der Waals surface area contributed by atoms with Crippen molar-refractivity contribution in [2.24, 2.45) is 0 Å². The van der Waals surface area contributed by atoms with E-state index in [-0.39, 0.29) is 17.4 Å². The molecule has 1 aliphatic rings. The Morgan fingerprint density at radius 2 is 1.32 bits per heavy atom. The average Bonchev–Trinajstić information content (AvgIpc) is 2.70. The highest BCUT2D eigenvalue weighted by Gasteiger charge is 2.35. The summed E-state index contributed by atoms with van der Waals surface area (Å²) in [5.41, 5.74) is 2.87. The smallest absolute Gasteiger partial charge is 0.150 e. The number of hydrogen-bond acceptors (Lipinski definition) is 4. The Balaban J connectivity index is 2.12. The Labute approximate surface area is 194 Å². The van der Waals surface area contributed by atoms with Crippen molar-refractivity contribution in [2.75, 3.05) is 0 Å². The minimum atomic E-state index is -0.360. The van der Waals surface area contributed by atoms with Gasteiger partial charge in [0.1, 0.15) is 38.2 Å². The zero-order valence-corrected chi connectivity index (χ0v) is 20.2. The van der Waals surface area contributed by atoms with Crippen LogP contribution in [0.15, 0.2) is 54.3 Å². The number of carbonyl (C=O) groups excluding carboxylic acids is 1. The fourth-order valence-corrected chi connectivity index (χ4v) is 5.81. The summed E-state index contributed by atoms with van der Waals surface area (Å²) in [6.07, 6.45) is 0.819. The molecule has 142 valence electrons. The van der Waals surface area contributed by atoms with Gasteiger partial charge in [0.2, 0.25) is 0 Å². The van der Waals surface area contributed by atoms with Crippen molar-refractivity contribution in [3.8, 4) is 23.0 Å². The van der Waals surface area contributed by atoms with Crippen molar-refractivity contribution in [3.05, 3.63) is 76.5 Å². The van der Waals surface area contributed by atoms with Crippen molar-refractivity contribution < 1.29 is 19.7 Å².